The predicted octanol–water partition coefficient (Wildman–Crippen LogP) is 4.12. The van der Waals surface area contributed by atoms with Crippen molar-refractivity contribution < 1.29 is 23.9 Å². The molecule has 3 aliphatic rings. The van der Waals surface area contributed by atoms with Crippen molar-refractivity contribution in [1.29, 1.82) is 0 Å². The molecule has 2 aromatic carbocycles. The minimum absolute atomic E-state index is 0.0122. The average molecular weight is 502 g/mol. The summed E-state index contributed by atoms with van der Waals surface area (Å²) in [5.74, 6) is -0.164. The Kier molecular flexibility index (Phi) is 6.30. The van der Waals surface area contributed by atoms with Crippen LogP contribution in [0.3, 0.4) is 0 Å². The highest BCUT2D eigenvalue weighted by Crippen LogP contribution is 2.36. The first-order valence-electron chi connectivity index (χ1n) is 13.1. The highest BCUT2D eigenvalue weighted by Gasteiger charge is 2.47. The number of carbonyl (C=O) groups is 3. The molecule has 2 fully saturated rings. The van der Waals surface area contributed by atoms with Crippen LogP contribution < -0.4 is 0 Å². The molecule has 3 aliphatic heterocycles. The fraction of sp³-hybridized carbons (Fsp3) is 0.414. The quantitative estimate of drug-likeness (QED) is 0.359. The Morgan fingerprint density at radius 1 is 1.08 bits per heavy atom. The predicted molar refractivity (Wildman–Crippen MR) is 137 cm³/mol. The van der Waals surface area contributed by atoms with Gasteiger partial charge in [0.1, 0.15) is 12.6 Å². The van der Waals surface area contributed by atoms with E-state index in [2.05, 4.69) is 16.7 Å². The molecular weight excluding hydrogens is 470 g/mol. The topological polar surface area (TPSA) is 81.1 Å². The summed E-state index contributed by atoms with van der Waals surface area (Å²) in [6.45, 7) is 3.94. The maximum Gasteiger partial charge on any atom is 0.327 e. The summed E-state index contributed by atoms with van der Waals surface area (Å²) in [7, 11) is 0. The van der Waals surface area contributed by atoms with E-state index in [4.69, 9.17) is 9.47 Å². The van der Waals surface area contributed by atoms with Crippen LogP contribution in [0.4, 0.5) is 4.79 Å². The molecule has 2 unspecified atom stereocenters. The van der Waals surface area contributed by atoms with E-state index in [9.17, 15) is 14.4 Å². The summed E-state index contributed by atoms with van der Waals surface area (Å²) in [5, 5.41) is 1.13. The Morgan fingerprint density at radius 3 is 2.65 bits per heavy atom. The lowest BCUT2D eigenvalue weighted by Crippen LogP contribution is -2.40. The van der Waals surface area contributed by atoms with Gasteiger partial charge in [-0.2, -0.15) is 0 Å². The lowest BCUT2D eigenvalue weighted by Gasteiger charge is -2.28. The van der Waals surface area contributed by atoms with Gasteiger partial charge in [-0.3, -0.25) is 14.5 Å². The van der Waals surface area contributed by atoms with Crippen LogP contribution in [0.15, 0.2) is 48.5 Å². The van der Waals surface area contributed by atoms with Crippen LogP contribution in [0.5, 0.6) is 0 Å². The van der Waals surface area contributed by atoms with Crippen LogP contribution in [-0.4, -0.2) is 64.2 Å². The van der Waals surface area contributed by atoms with Crippen molar-refractivity contribution in [3.8, 4) is 0 Å². The van der Waals surface area contributed by atoms with E-state index in [-0.39, 0.29) is 30.6 Å². The standard InChI is InChI=1S/C29H31N3O5/c1-2-30-28(34)24-15-22-21-7-3-4-8-23(21)31(25(22)17-32(24)29(30)35)16-19-10-12-20(13-11-19)26(33)18-37-27-9-5-6-14-36-27/h3-4,7-8,10-13,24,27H,2,5-6,9,14-18H2,1H3. The maximum atomic E-state index is 12.9. The van der Waals surface area contributed by atoms with Gasteiger partial charge < -0.3 is 18.9 Å². The van der Waals surface area contributed by atoms with Gasteiger partial charge in [0.15, 0.2) is 12.1 Å². The third-order valence-electron chi connectivity index (χ3n) is 7.79. The van der Waals surface area contributed by atoms with Crippen molar-refractivity contribution in [3.05, 3.63) is 70.9 Å². The highest BCUT2D eigenvalue weighted by molar-refractivity contribution is 6.05. The largest absolute Gasteiger partial charge is 0.353 e. The minimum atomic E-state index is -0.425. The lowest BCUT2D eigenvalue weighted by atomic mass is 9.97. The van der Waals surface area contributed by atoms with Crippen molar-refractivity contribution in [2.45, 2.75) is 58.0 Å². The van der Waals surface area contributed by atoms with E-state index in [0.717, 1.165) is 47.0 Å². The summed E-state index contributed by atoms with van der Waals surface area (Å²) >= 11 is 0. The number of ether oxygens (including phenoxy) is 2. The van der Waals surface area contributed by atoms with Gasteiger partial charge in [0.05, 0.1) is 6.54 Å². The molecule has 3 aromatic rings. The molecule has 0 saturated carbocycles. The second-order valence-electron chi connectivity index (χ2n) is 9.97. The molecule has 4 heterocycles. The number of para-hydroxylation sites is 1. The van der Waals surface area contributed by atoms with E-state index in [1.807, 2.05) is 43.3 Å². The number of benzene rings is 2. The van der Waals surface area contributed by atoms with Gasteiger partial charge in [0, 0.05) is 48.3 Å². The van der Waals surface area contributed by atoms with Crippen LogP contribution >= 0.6 is 0 Å². The van der Waals surface area contributed by atoms with E-state index in [1.54, 1.807) is 4.90 Å². The second-order valence-corrected chi connectivity index (χ2v) is 9.97. The maximum absolute atomic E-state index is 12.9. The normalized spacial score (nSPS) is 21.4. The number of urea groups is 1. The number of carbonyl (C=O) groups excluding carboxylic acids is 3. The Morgan fingerprint density at radius 2 is 1.89 bits per heavy atom. The molecule has 8 heteroatoms. The van der Waals surface area contributed by atoms with Crippen LogP contribution in [0.1, 0.15) is 53.4 Å². The van der Waals surface area contributed by atoms with Gasteiger partial charge >= 0.3 is 6.03 Å². The van der Waals surface area contributed by atoms with E-state index < -0.39 is 6.04 Å². The summed E-state index contributed by atoms with van der Waals surface area (Å²) in [4.78, 5) is 41.5. The summed E-state index contributed by atoms with van der Waals surface area (Å²) in [6, 6.07) is 15.2. The molecule has 6 rings (SSSR count). The molecule has 37 heavy (non-hydrogen) atoms. The van der Waals surface area contributed by atoms with Gasteiger partial charge in [0.2, 0.25) is 0 Å². The molecule has 2 atom stereocenters. The average Bonchev–Trinajstić information content (AvgIpc) is 3.37. The molecule has 2 saturated heterocycles. The zero-order chi connectivity index (χ0) is 25.5. The van der Waals surface area contributed by atoms with Crippen LogP contribution in [-0.2, 0) is 33.8 Å². The monoisotopic (exact) mass is 501 g/mol. The number of likely N-dealkylation sites (N-methyl/N-ethyl adjacent to an activating group) is 1. The Balaban J connectivity index is 1.23. The van der Waals surface area contributed by atoms with Crippen LogP contribution in [0, 0.1) is 0 Å². The van der Waals surface area contributed by atoms with E-state index in [1.165, 1.54) is 4.90 Å². The number of ketones is 1. The van der Waals surface area contributed by atoms with Crippen molar-refractivity contribution in [2.24, 2.45) is 0 Å². The molecular formula is C29H31N3O5. The number of nitrogens with zero attached hydrogens (tertiary/aromatic N) is 3. The summed E-state index contributed by atoms with van der Waals surface area (Å²) in [5.41, 5.74) is 4.96. The minimum Gasteiger partial charge on any atom is -0.353 e. The van der Waals surface area contributed by atoms with E-state index in [0.29, 0.717) is 38.2 Å². The fourth-order valence-corrected chi connectivity index (χ4v) is 5.81. The first-order valence-corrected chi connectivity index (χ1v) is 13.1. The number of hydrogen-bond donors (Lipinski definition) is 0. The first kappa shape index (κ1) is 23.9. The molecule has 0 N–H and O–H groups in total. The number of amides is 3. The molecule has 1 aromatic heterocycles. The Labute approximate surface area is 215 Å². The molecule has 0 radical (unpaired) electrons. The van der Waals surface area contributed by atoms with Crippen molar-refractivity contribution >= 4 is 28.6 Å². The molecule has 0 bridgehead atoms. The highest BCUT2D eigenvalue weighted by atomic mass is 16.7. The van der Waals surface area contributed by atoms with Crippen molar-refractivity contribution in [2.75, 3.05) is 19.8 Å². The van der Waals surface area contributed by atoms with Gasteiger partial charge in [0.25, 0.3) is 5.91 Å². The number of hydrogen-bond acceptors (Lipinski definition) is 5. The smallest absolute Gasteiger partial charge is 0.327 e. The zero-order valence-electron chi connectivity index (χ0n) is 21.0. The van der Waals surface area contributed by atoms with Crippen molar-refractivity contribution in [3.63, 3.8) is 0 Å². The number of fused-ring (bicyclic) bond motifs is 4. The number of aromatic nitrogens is 1. The van der Waals surface area contributed by atoms with Gasteiger partial charge in [-0.1, -0.05) is 42.5 Å². The molecule has 3 amide bonds. The third-order valence-corrected chi connectivity index (χ3v) is 7.79. The number of imide groups is 1. The van der Waals surface area contributed by atoms with Gasteiger partial charge in [-0.15, -0.1) is 0 Å². The molecule has 0 spiro atoms. The Hall–Kier alpha value is -3.49. The number of rotatable bonds is 7. The molecule has 8 nitrogen and oxygen atoms in total. The zero-order valence-corrected chi connectivity index (χ0v) is 21.0. The van der Waals surface area contributed by atoms with Gasteiger partial charge in [-0.05, 0) is 43.4 Å². The Bertz CT molecular complexity index is 1360. The fourth-order valence-electron chi connectivity index (χ4n) is 5.81. The van der Waals surface area contributed by atoms with Crippen molar-refractivity contribution in [1.82, 2.24) is 14.4 Å². The van der Waals surface area contributed by atoms with Crippen LogP contribution in [0.2, 0.25) is 0 Å². The SMILES string of the molecule is CCN1C(=O)C2Cc3c(n(Cc4ccc(C(=O)COC5CCCCO5)cc4)c4ccccc34)CN2C1=O. The second kappa shape index (κ2) is 9.76. The summed E-state index contributed by atoms with van der Waals surface area (Å²) < 4.78 is 13.5. The first-order chi connectivity index (χ1) is 18.0. The third kappa shape index (κ3) is 4.24. The summed E-state index contributed by atoms with van der Waals surface area (Å²) in [6.07, 6.45) is 3.18. The molecule has 0 aliphatic carbocycles. The van der Waals surface area contributed by atoms with Gasteiger partial charge in [-0.25, -0.2) is 4.79 Å². The van der Waals surface area contributed by atoms with E-state index >= 15 is 0 Å². The molecule has 192 valence electrons. The lowest BCUT2D eigenvalue weighted by molar-refractivity contribution is -0.155. The number of Topliss-reactive ketones (excluding diaryl/α,β-unsaturated/α-hetero) is 1. The van der Waals surface area contributed by atoms with Crippen LogP contribution in [0.25, 0.3) is 10.9 Å².